The Balaban J connectivity index is 1.56. The molecule has 1 aromatic carbocycles. The smallest absolute Gasteiger partial charge is 0.410 e. The third-order valence-electron chi connectivity index (χ3n) is 6.13. The highest BCUT2D eigenvalue weighted by atomic mass is 35.5. The van der Waals surface area contributed by atoms with Crippen LogP contribution in [0, 0.1) is 5.41 Å². The zero-order valence-corrected chi connectivity index (χ0v) is 18.9. The van der Waals surface area contributed by atoms with Crippen LogP contribution in [0.2, 0.25) is 5.02 Å². The van der Waals surface area contributed by atoms with Crippen LogP contribution in [0.25, 0.3) is 0 Å². The van der Waals surface area contributed by atoms with Crippen molar-refractivity contribution in [2.45, 2.75) is 51.8 Å². The van der Waals surface area contributed by atoms with Crippen molar-refractivity contribution in [3.05, 3.63) is 64.9 Å². The fourth-order valence-corrected chi connectivity index (χ4v) is 4.86. The SMILES string of the molecule is CC(C)(C)OC(=O)N1CCC2(CC1)C(=O)N(Cc1ccccc1Cl)C2c1cccnc1. The Hall–Kier alpha value is -2.60. The Morgan fingerprint density at radius 3 is 2.52 bits per heavy atom. The van der Waals surface area contributed by atoms with E-state index < -0.39 is 11.0 Å². The largest absolute Gasteiger partial charge is 0.444 e. The van der Waals surface area contributed by atoms with Crippen LogP contribution in [0.4, 0.5) is 4.79 Å². The summed E-state index contributed by atoms with van der Waals surface area (Å²) in [5.41, 5.74) is 0.873. The monoisotopic (exact) mass is 441 g/mol. The van der Waals surface area contributed by atoms with Gasteiger partial charge >= 0.3 is 6.09 Å². The predicted octanol–water partition coefficient (Wildman–Crippen LogP) is 4.84. The minimum Gasteiger partial charge on any atom is -0.444 e. The molecular formula is C24H28ClN3O3. The van der Waals surface area contributed by atoms with Crippen molar-refractivity contribution in [1.82, 2.24) is 14.8 Å². The van der Waals surface area contributed by atoms with E-state index in [1.165, 1.54) is 0 Å². The number of halogens is 1. The fraction of sp³-hybridized carbons (Fsp3) is 0.458. The number of benzene rings is 1. The molecule has 2 amide bonds. The van der Waals surface area contributed by atoms with Gasteiger partial charge in [0.1, 0.15) is 5.60 Å². The Labute approximate surface area is 188 Å². The molecule has 6 nitrogen and oxygen atoms in total. The molecular weight excluding hydrogens is 414 g/mol. The zero-order valence-electron chi connectivity index (χ0n) is 18.2. The summed E-state index contributed by atoms with van der Waals surface area (Å²) >= 11 is 6.37. The van der Waals surface area contributed by atoms with Crippen molar-refractivity contribution in [1.29, 1.82) is 0 Å². The quantitative estimate of drug-likeness (QED) is 0.639. The van der Waals surface area contributed by atoms with Crippen LogP contribution in [0.3, 0.4) is 0 Å². The molecule has 3 heterocycles. The first-order valence-electron chi connectivity index (χ1n) is 10.6. The van der Waals surface area contributed by atoms with Crippen molar-refractivity contribution in [2.75, 3.05) is 13.1 Å². The number of β-lactam (4-membered cyclic amide) rings is 1. The van der Waals surface area contributed by atoms with Crippen molar-refractivity contribution in [2.24, 2.45) is 5.41 Å². The van der Waals surface area contributed by atoms with E-state index in [2.05, 4.69) is 4.98 Å². The van der Waals surface area contributed by atoms with E-state index >= 15 is 0 Å². The Morgan fingerprint density at radius 2 is 1.90 bits per heavy atom. The maximum atomic E-state index is 13.5. The molecule has 0 saturated carbocycles. The maximum Gasteiger partial charge on any atom is 0.410 e. The lowest BCUT2D eigenvalue weighted by molar-refractivity contribution is -0.181. The fourth-order valence-electron chi connectivity index (χ4n) is 4.66. The highest BCUT2D eigenvalue weighted by Gasteiger charge is 2.61. The van der Waals surface area contributed by atoms with Gasteiger partial charge in [0.25, 0.3) is 0 Å². The van der Waals surface area contributed by atoms with Gasteiger partial charge in [-0.1, -0.05) is 35.9 Å². The molecule has 1 spiro atoms. The molecule has 2 fully saturated rings. The average molecular weight is 442 g/mol. The van der Waals surface area contributed by atoms with E-state index in [1.54, 1.807) is 11.1 Å². The summed E-state index contributed by atoms with van der Waals surface area (Å²) in [7, 11) is 0. The molecule has 0 N–H and O–H groups in total. The number of nitrogens with zero attached hydrogens (tertiary/aromatic N) is 3. The summed E-state index contributed by atoms with van der Waals surface area (Å²) in [6, 6.07) is 11.4. The van der Waals surface area contributed by atoms with Crippen molar-refractivity contribution < 1.29 is 14.3 Å². The molecule has 0 aliphatic carbocycles. The number of carbonyl (C=O) groups is 2. The summed E-state index contributed by atoms with van der Waals surface area (Å²) in [6.07, 6.45) is 4.45. The number of carbonyl (C=O) groups excluding carboxylic acids is 2. The van der Waals surface area contributed by atoms with E-state index in [1.807, 2.05) is 68.3 Å². The number of hydrogen-bond donors (Lipinski definition) is 0. The van der Waals surface area contributed by atoms with Gasteiger partial charge in [-0.05, 0) is 56.9 Å². The lowest BCUT2D eigenvalue weighted by Gasteiger charge is -2.59. The third-order valence-corrected chi connectivity index (χ3v) is 6.50. The van der Waals surface area contributed by atoms with Crippen LogP contribution in [0.5, 0.6) is 0 Å². The van der Waals surface area contributed by atoms with E-state index in [4.69, 9.17) is 16.3 Å². The predicted molar refractivity (Wildman–Crippen MR) is 118 cm³/mol. The molecule has 4 rings (SSSR count). The van der Waals surface area contributed by atoms with Gasteiger partial charge in [-0.3, -0.25) is 9.78 Å². The van der Waals surface area contributed by atoms with Crippen LogP contribution in [-0.4, -0.2) is 45.5 Å². The Kier molecular flexibility index (Phi) is 5.69. The molecule has 0 radical (unpaired) electrons. The third kappa shape index (κ3) is 4.13. The van der Waals surface area contributed by atoms with Gasteiger partial charge in [-0.25, -0.2) is 4.79 Å². The average Bonchev–Trinajstić information content (AvgIpc) is 2.74. The van der Waals surface area contributed by atoms with Crippen molar-refractivity contribution >= 4 is 23.6 Å². The van der Waals surface area contributed by atoms with Gasteiger partial charge in [-0.15, -0.1) is 0 Å². The zero-order chi connectivity index (χ0) is 22.2. The molecule has 1 aromatic heterocycles. The lowest BCUT2D eigenvalue weighted by atomic mass is 9.62. The van der Waals surface area contributed by atoms with Crippen molar-refractivity contribution in [3.63, 3.8) is 0 Å². The standard InChI is InChI=1S/C24H28ClN3O3/c1-23(2,3)31-22(30)27-13-10-24(11-14-27)20(17-8-6-12-26-15-17)28(21(24)29)16-18-7-4-5-9-19(18)25/h4-9,12,15,20H,10-11,13-14,16H2,1-3H3. The minimum atomic E-state index is -0.539. The maximum absolute atomic E-state index is 13.5. The number of ether oxygens (including phenoxy) is 1. The topological polar surface area (TPSA) is 62.7 Å². The number of aromatic nitrogens is 1. The number of piperidine rings is 1. The van der Waals surface area contributed by atoms with Crippen LogP contribution >= 0.6 is 11.6 Å². The van der Waals surface area contributed by atoms with E-state index in [0.717, 1.165) is 11.1 Å². The minimum absolute atomic E-state index is 0.0919. The van der Waals surface area contributed by atoms with Gasteiger partial charge in [0.2, 0.25) is 5.91 Å². The molecule has 2 saturated heterocycles. The highest BCUT2D eigenvalue weighted by molar-refractivity contribution is 6.31. The summed E-state index contributed by atoms with van der Waals surface area (Å²) in [6.45, 7) is 7.02. The van der Waals surface area contributed by atoms with E-state index in [0.29, 0.717) is 37.5 Å². The molecule has 164 valence electrons. The van der Waals surface area contributed by atoms with Gasteiger partial charge in [0.05, 0.1) is 11.5 Å². The molecule has 7 heteroatoms. The van der Waals surface area contributed by atoms with Crippen molar-refractivity contribution in [3.8, 4) is 0 Å². The van der Waals surface area contributed by atoms with Gasteiger partial charge < -0.3 is 14.5 Å². The molecule has 31 heavy (non-hydrogen) atoms. The number of pyridine rings is 1. The number of hydrogen-bond acceptors (Lipinski definition) is 4. The second kappa shape index (κ2) is 8.15. The van der Waals surface area contributed by atoms with Crippen LogP contribution in [0.1, 0.15) is 50.8 Å². The summed E-state index contributed by atoms with van der Waals surface area (Å²) in [5, 5.41) is 0.654. The van der Waals surface area contributed by atoms with Gasteiger partial charge in [0.15, 0.2) is 0 Å². The Bertz CT molecular complexity index is 966. The van der Waals surface area contributed by atoms with Crippen LogP contribution in [-0.2, 0) is 16.1 Å². The first-order valence-corrected chi connectivity index (χ1v) is 11.0. The second-order valence-corrected chi connectivity index (χ2v) is 9.74. The lowest BCUT2D eigenvalue weighted by Crippen LogP contribution is -2.66. The van der Waals surface area contributed by atoms with Crippen LogP contribution < -0.4 is 0 Å². The number of amides is 2. The summed E-state index contributed by atoms with van der Waals surface area (Å²) < 4.78 is 5.52. The molecule has 2 aliphatic rings. The summed E-state index contributed by atoms with van der Waals surface area (Å²) in [5.74, 6) is 0.116. The van der Waals surface area contributed by atoms with Gasteiger partial charge in [-0.2, -0.15) is 0 Å². The highest BCUT2D eigenvalue weighted by Crippen LogP contribution is 2.56. The summed E-state index contributed by atoms with van der Waals surface area (Å²) in [4.78, 5) is 33.8. The molecule has 0 bridgehead atoms. The number of likely N-dealkylation sites (tertiary alicyclic amines) is 2. The second-order valence-electron chi connectivity index (χ2n) is 9.34. The van der Waals surface area contributed by atoms with Gasteiger partial charge in [0, 0.05) is 37.1 Å². The normalized spacial score (nSPS) is 20.5. The molecule has 1 atom stereocenters. The first kappa shape index (κ1) is 21.6. The van der Waals surface area contributed by atoms with E-state index in [-0.39, 0.29) is 18.0 Å². The van der Waals surface area contributed by atoms with Crippen LogP contribution in [0.15, 0.2) is 48.8 Å². The van der Waals surface area contributed by atoms with E-state index in [9.17, 15) is 9.59 Å². The molecule has 2 aliphatic heterocycles. The Morgan fingerprint density at radius 1 is 1.19 bits per heavy atom. The molecule has 1 unspecified atom stereocenters. The molecule has 2 aromatic rings. The first-order chi connectivity index (χ1) is 14.7. The number of rotatable bonds is 3.